The van der Waals surface area contributed by atoms with Crippen LogP contribution >= 0.6 is 26.6 Å². The van der Waals surface area contributed by atoms with Crippen molar-refractivity contribution in [3.8, 4) is 0 Å². The topological polar surface area (TPSA) is 200 Å². The highest BCUT2D eigenvalue weighted by atomic mass is 35.5. The van der Waals surface area contributed by atoms with Gasteiger partial charge in [-0.05, 0) is 23.6 Å². The van der Waals surface area contributed by atoms with Crippen molar-refractivity contribution >= 4 is 43.5 Å². The van der Waals surface area contributed by atoms with Gasteiger partial charge in [0.2, 0.25) is 12.7 Å². The first-order chi connectivity index (χ1) is 16.4. The molecule has 0 bridgehead atoms. The van der Waals surface area contributed by atoms with E-state index in [1.54, 1.807) is 0 Å². The molecule has 0 spiro atoms. The van der Waals surface area contributed by atoms with Crippen molar-refractivity contribution in [3.05, 3.63) is 47.5 Å². The Morgan fingerprint density at radius 1 is 1.09 bits per heavy atom. The number of aliphatic hydroxyl groups excluding tert-OH is 2. The summed E-state index contributed by atoms with van der Waals surface area (Å²) in [5.74, 6) is -0.819. The SMILES string of the molecule is O=P(O)(O)CP(=O)(O)CC[C@H]1O[C@@H](n2cnc3c(NCc4ccccc4)nc(Cl)nc32)C(O)[C@H]1O. The average molecular weight is 548 g/mol. The summed E-state index contributed by atoms with van der Waals surface area (Å²) in [5.41, 5.74) is 1.57. The Labute approximate surface area is 204 Å². The van der Waals surface area contributed by atoms with E-state index < -0.39 is 51.6 Å². The fraction of sp³-hybridized carbons (Fsp3) is 0.421. The third-order valence-corrected chi connectivity index (χ3v) is 9.84. The molecule has 1 aliphatic rings. The molecule has 3 heterocycles. The van der Waals surface area contributed by atoms with Gasteiger partial charge in [-0.2, -0.15) is 9.97 Å². The molecular formula is C19H24ClN5O8P2. The summed E-state index contributed by atoms with van der Waals surface area (Å²) in [7, 11) is -8.88. The quantitative estimate of drug-likeness (QED) is 0.167. The molecule has 0 radical (unpaired) electrons. The molecule has 16 heteroatoms. The predicted octanol–water partition coefficient (Wildman–Crippen LogP) is 1.51. The maximum Gasteiger partial charge on any atom is 0.335 e. The van der Waals surface area contributed by atoms with Crippen LogP contribution < -0.4 is 5.32 Å². The van der Waals surface area contributed by atoms with Crippen LogP contribution in [0, 0.1) is 0 Å². The van der Waals surface area contributed by atoms with Gasteiger partial charge in [-0.15, -0.1) is 0 Å². The minimum absolute atomic E-state index is 0.0851. The van der Waals surface area contributed by atoms with Crippen molar-refractivity contribution in [2.45, 2.75) is 37.5 Å². The van der Waals surface area contributed by atoms with E-state index in [9.17, 15) is 24.2 Å². The normalized spacial score (nSPS) is 24.5. The van der Waals surface area contributed by atoms with Gasteiger partial charge in [-0.1, -0.05) is 30.3 Å². The minimum Gasteiger partial charge on any atom is -0.388 e. The Morgan fingerprint density at radius 2 is 1.80 bits per heavy atom. The highest BCUT2D eigenvalue weighted by molar-refractivity contribution is 7.72. The predicted molar refractivity (Wildman–Crippen MR) is 126 cm³/mol. The Morgan fingerprint density at radius 3 is 2.49 bits per heavy atom. The van der Waals surface area contributed by atoms with Crippen LogP contribution in [0.1, 0.15) is 18.2 Å². The molecule has 190 valence electrons. The van der Waals surface area contributed by atoms with E-state index in [-0.39, 0.29) is 17.4 Å². The van der Waals surface area contributed by atoms with Crippen LogP contribution in [0.4, 0.5) is 5.82 Å². The lowest BCUT2D eigenvalue weighted by Crippen LogP contribution is -2.32. The van der Waals surface area contributed by atoms with E-state index in [4.69, 9.17) is 26.1 Å². The molecule has 3 aromatic rings. The Bertz CT molecular complexity index is 1290. The van der Waals surface area contributed by atoms with Crippen LogP contribution in [0.2, 0.25) is 5.28 Å². The maximum absolute atomic E-state index is 12.1. The van der Waals surface area contributed by atoms with Gasteiger partial charge in [0.25, 0.3) is 0 Å². The van der Waals surface area contributed by atoms with Crippen LogP contribution in [0.5, 0.6) is 0 Å². The number of nitrogens with zero attached hydrogens (tertiary/aromatic N) is 4. The number of benzene rings is 1. The molecule has 1 aliphatic heterocycles. The van der Waals surface area contributed by atoms with Gasteiger partial charge >= 0.3 is 7.60 Å². The smallest absolute Gasteiger partial charge is 0.335 e. The fourth-order valence-corrected chi connectivity index (χ4v) is 7.56. The molecule has 1 aromatic carbocycles. The van der Waals surface area contributed by atoms with Gasteiger partial charge in [0, 0.05) is 12.7 Å². The van der Waals surface area contributed by atoms with Crippen molar-refractivity contribution in [2.75, 3.05) is 17.4 Å². The van der Waals surface area contributed by atoms with Crippen molar-refractivity contribution in [3.63, 3.8) is 0 Å². The van der Waals surface area contributed by atoms with Gasteiger partial charge in [0.05, 0.1) is 12.4 Å². The van der Waals surface area contributed by atoms with Gasteiger partial charge in [0.15, 0.2) is 23.2 Å². The number of hydrogen-bond acceptors (Lipinski definition) is 9. The highest BCUT2D eigenvalue weighted by Gasteiger charge is 2.45. The zero-order valence-corrected chi connectivity index (χ0v) is 20.7. The lowest BCUT2D eigenvalue weighted by Gasteiger charge is -2.18. The zero-order valence-electron chi connectivity index (χ0n) is 18.1. The summed E-state index contributed by atoms with van der Waals surface area (Å²) < 4.78 is 30.3. The zero-order chi connectivity index (χ0) is 25.4. The number of hydrogen-bond donors (Lipinski definition) is 6. The van der Waals surface area contributed by atoms with Crippen molar-refractivity contribution in [1.82, 2.24) is 19.5 Å². The van der Waals surface area contributed by atoms with Crippen LogP contribution in [0.15, 0.2) is 36.7 Å². The summed E-state index contributed by atoms with van der Waals surface area (Å²) in [6.07, 6.45) is -4.46. The first-order valence-electron chi connectivity index (χ1n) is 10.5. The Hall–Kier alpha value is -1.92. The molecule has 4 rings (SSSR count). The van der Waals surface area contributed by atoms with Crippen molar-refractivity contribution in [2.24, 2.45) is 0 Å². The van der Waals surface area contributed by atoms with Crippen LogP contribution in [0.3, 0.4) is 0 Å². The van der Waals surface area contributed by atoms with E-state index in [0.29, 0.717) is 17.9 Å². The number of aromatic nitrogens is 4. The molecule has 0 amide bonds. The van der Waals surface area contributed by atoms with Crippen molar-refractivity contribution < 1.29 is 38.8 Å². The second-order valence-electron chi connectivity index (χ2n) is 8.22. The first kappa shape index (κ1) is 26.2. The van der Waals surface area contributed by atoms with E-state index in [1.165, 1.54) is 10.9 Å². The number of rotatable bonds is 9. The van der Waals surface area contributed by atoms with Crippen LogP contribution in [-0.4, -0.2) is 74.8 Å². The number of halogens is 1. The number of aliphatic hydroxyl groups is 2. The highest BCUT2D eigenvalue weighted by Crippen LogP contribution is 2.55. The van der Waals surface area contributed by atoms with E-state index >= 15 is 0 Å². The molecule has 6 N–H and O–H groups in total. The number of imidazole rings is 1. The second-order valence-corrected chi connectivity index (χ2v) is 13.2. The number of nitrogens with one attached hydrogen (secondary N) is 1. The summed E-state index contributed by atoms with van der Waals surface area (Å²) in [6, 6.07) is 9.56. The number of fused-ring (bicyclic) bond motifs is 1. The lowest BCUT2D eigenvalue weighted by atomic mass is 10.1. The van der Waals surface area contributed by atoms with E-state index in [2.05, 4.69) is 20.3 Å². The molecule has 0 saturated carbocycles. The summed E-state index contributed by atoms with van der Waals surface area (Å²) >= 11 is 6.11. The van der Waals surface area contributed by atoms with Gasteiger partial charge < -0.3 is 34.9 Å². The summed E-state index contributed by atoms with van der Waals surface area (Å²) in [5, 5.41) is 24.1. The van der Waals surface area contributed by atoms with Crippen LogP contribution in [0.25, 0.3) is 11.2 Å². The maximum atomic E-state index is 12.1. The second kappa shape index (κ2) is 10.2. The Kier molecular flexibility index (Phi) is 7.63. The number of anilines is 1. The first-order valence-corrected chi connectivity index (χ1v) is 14.7. The molecule has 0 aliphatic carbocycles. The van der Waals surface area contributed by atoms with Gasteiger partial charge in [-0.3, -0.25) is 13.7 Å². The Balaban J connectivity index is 1.52. The number of ether oxygens (including phenoxy) is 1. The van der Waals surface area contributed by atoms with E-state index in [1.807, 2.05) is 30.3 Å². The molecule has 1 fully saturated rings. The molecule has 35 heavy (non-hydrogen) atoms. The molecule has 2 aromatic heterocycles. The lowest BCUT2D eigenvalue weighted by molar-refractivity contribution is -0.0354. The monoisotopic (exact) mass is 547 g/mol. The summed E-state index contributed by atoms with van der Waals surface area (Å²) in [6.45, 7) is 0.440. The van der Waals surface area contributed by atoms with E-state index in [0.717, 1.165) is 5.56 Å². The average Bonchev–Trinajstić information content (AvgIpc) is 3.31. The fourth-order valence-electron chi connectivity index (χ4n) is 3.87. The molecular weight excluding hydrogens is 524 g/mol. The molecule has 5 atom stereocenters. The van der Waals surface area contributed by atoms with Gasteiger partial charge in [0.1, 0.15) is 18.1 Å². The summed E-state index contributed by atoms with van der Waals surface area (Å²) in [4.78, 5) is 40.5. The molecule has 2 unspecified atom stereocenters. The third-order valence-electron chi connectivity index (χ3n) is 5.48. The largest absolute Gasteiger partial charge is 0.388 e. The van der Waals surface area contributed by atoms with Crippen molar-refractivity contribution in [1.29, 1.82) is 0 Å². The van der Waals surface area contributed by atoms with Crippen LogP contribution in [-0.2, 0) is 20.4 Å². The molecule has 13 nitrogen and oxygen atoms in total. The standard InChI is InChI=1S/C19H24ClN5O8P2/c20-19-23-16(21-8-11-4-2-1-3-5-11)13-17(24-19)25(9-22-13)18-15(27)14(26)12(33-18)6-7-34(28,29)10-35(30,31)32/h1-5,9,12,14-15,18,26-27H,6-8,10H2,(H,28,29)(H,21,23,24)(H2,30,31,32)/t12-,14+,15?,18-/m1/s1. The third kappa shape index (κ3) is 6.26. The molecule has 1 saturated heterocycles. The minimum atomic E-state index is -4.70. The van der Waals surface area contributed by atoms with Gasteiger partial charge in [-0.25, -0.2) is 4.98 Å².